The minimum absolute atomic E-state index is 0.103. The SMILES string of the molecule is CCOC(=O)c1sc(N2C(=O)C(O)=C(C(=O)c3sc(C)nc3C)C2c2ccc(F)cc2)nc1C. The van der Waals surface area contributed by atoms with Gasteiger partial charge in [0, 0.05) is 0 Å². The summed E-state index contributed by atoms with van der Waals surface area (Å²) < 4.78 is 18.7. The molecule has 0 radical (unpaired) electrons. The summed E-state index contributed by atoms with van der Waals surface area (Å²) in [4.78, 5) is 49.4. The van der Waals surface area contributed by atoms with Gasteiger partial charge < -0.3 is 9.84 Å². The van der Waals surface area contributed by atoms with Gasteiger partial charge >= 0.3 is 5.97 Å². The van der Waals surface area contributed by atoms with Gasteiger partial charge in [-0.05, 0) is 45.4 Å². The van der Waals surface area contributed by atoms with Crippen LogP contribution in [0.15, 0.2) is 35.6 Å². The maximum absolute atomic E-state index is 13.7. The van der Waals surface area contributed by atoms with Gasteiger partial charge in [0.05, 0.1) is 39.5 Å². The van der Waals surface area contributed by atoms with Crippen molar-refractivity contribution in [3.8, 4) is 0 Å². The molecule has 2 aromatic heterocycles. The molecule has 11 heteroatoms. The molecule has 34 heavy (non-hydrogen) atoms. The quantitative estimate of drug-likeness (QED) is 0.388. The zero-order valence-corrected chi connectivity index (χ0v) is 20.3. The third-order valence-corrected chi connectivity index (χ3v) is 7.41. The van der Waals surface area contributed by atoms with Crippen molar-refractivity contribution in [3.63, 3.8) is 0 Å². The number of aromatic nitrogens is 2. The number of aryl methyl sites for hydroxylation is 3. The van der Waals surface area contributed by atoms with Crippen LogP contribution in [-0.2, 0) is 9.53 Å². The summed E-state index contributed by atoms with van der Waals surface area (Å²) in [6.45, 7) is 6.86. The molecule has 0 bridgehead atoms. The average molecular weight is 502 g/mol. The summed E-state index contributed by atoms with van der Waals surface area (Å²) in [7, 11) is 0. The van der Waals surface area contributed by atoms with E-state index < -0.39 is 35.3 Å². The van der Waals surface area contributed by atoms with Crippen LogP contribution >= 0.6 is 22.7 Å². The number of carbonyl (C=O) groups excluding carboxylic acids is 3. The van der Waals surface area contributed by atoms with Crippen LogP contribution in [0.1, 0.15) is 54.3 Å². The minimum Gasteiger partial charge on any atom is -0.503 e. The van der Waals surface area contributed by atoms with Crippen LogP contribution in [-0.4, -0.2) is 39.3 Å². The Morgan fingerprint density at radius 1 is 1.09 bits per heavy atom. The molecule has 3 aromatic rings. The van der Waals surface area contributed by atoms with Crippen LogP contribution in [0.25, 0.3) is 0 Å². The van der Waals surface area contributed by atoms with E-state index in [0.29, 0.717) is 26.8 Å². The number of nitrogens with zero attached hydrogens (tertiary/aromatic N) is 3. The van der Waals surface area contributed by atoms with Gasteiger partial charge in [-0.25, -0.2) is 19.2 Å². The van der Waals surface area contributed by atoms with E-state index in [0.717, 1.165) is 27.6 Å². The molecule has 4 rings (SSSR count). The number of carbonyl (C=O) groups is 3. The van der Waals surface area contributed by atoms with Crippen molar-refractivity contribution < 1.29 is 28.6 Å². The topological polar surface area (TPSA) is 110 Å². The Balaban J connectivity index is 1.86. The Labute approximate surface area is 202 Å². The number of halogens is 1. The lowest BCUT2D eigenvalue weighted by Gasteiger charge is -2.24. The van der Waals surface area contributed by atoms with Crippen LogP contribution in [0, 0.1) is 26.6 Å². The molecule has 176 valence electrons. The van der Waals surface area contributed by atoms with E-state index in [9.17, 15) is 23.9 Å². The number of amides is 1. The number of rotatable bonds is 6. The van der Waals surface area contributed by atoms with Crippen molar-refractivity contribution in [2.45, 2.75) is 33.7 Å². The molecule has 1 aliphatic rings. The van der Waals surface area contributed by atoms with Gasteiger partial charge in [0.25, 0.3) is 5.91 Å². The van der Waals surface area contributed by atoms with Crippen LogP contribution in [0.5, 0.6) is 0 Å². The fourth-order valence-electron chi connectivity index (χ4n) is 3.73. The molecular weight excluding hydrogens is 481 g/mol. The van der Waals surface area contributed by atoms with E-state index in [4.69, 9.17) is 4.74 Å². The van der Waals surface area contributed by atoms with Crippen molar-refractivity contribution in [1.29, 1.82) is 0 Å². The lowest BCUT2D eigenvalue weighted by Crippen LogP contribution is -2.31. The number of Topliss-reactive ketones (excluding diaryl/α,β-unsaturated/α-hetero) is 1. The molecule has 0 saturated carbocycles. The molecule has 3 heterocycles. The van der Waals surface area contributed by atoms with Crippen LogP contribution in [0.4, 0.5) is 9.52 Å². The number of hydrogen-bond acceptors (Lipinski definition) is 9. The molecule has 1 aromatic carbocycles. The van der Waals surface area contributed by atoms with Gasteiger partial charge in [-0.3, -0.25) is 14.5 Å². The van der Waals surface area contributed by atoms with E-state index in [1.54, 1.807) is 27.7 Å². The van der Waals surface area contributed by atoms with Crippen molar-refractivity contribution in [2.75, 3.05) is 11.5 Å². The van der Waals surface area contributed by atoms with E-state index in [1.165, 1.54) is 24.3 Å². The Morgan fingerprint density at radius 3 is 2.32 bits per heavy atom. The minimum atomic E-state index is -1.08. The standard InChI is InChI=1S/C23H20FN3O5S2/c1-5-32-22(31)20-11(3)26-23(34-20)27-16(13-6-8-14(24)9-7-13)15(18(29)21(27)30)17(28)19-10(2)25-12(4)33-19/h6-9,16,29H,5H2,1-4H3. The highest BCUT2D eigenvalue weighted by Gasteiger charge is 2.46. The summed E-state index contributed by atoms with van der Waals surface area (Å²) >= 11 is 2.07. The molecule has 1 amide bonds. The van der Waals surface area contributed by atoms with Gasteiger partial charge in [0.1, 0.15) is 10.7 Å². The van der Waals surface area contributed by atoms with Crippen molar-refractivity contribution in [1.82, 2.24) is 9.97 Å². The first kappa shape index (κ1) is 23.7. The predicted octanol–water partition coefficient (Wildman–Crippen LogP) is 4.62. The van der Waals surface area contributed by atoms with Crippen molar-refractivity contribution in [2.24, 2.45) is 0 Å². The predicted molar refractivity (Wildman–Crippen MR) is 125 cm³/mol. The maximum atomic E-state index is 13.7. The van der Waals surface area contributed by atoms with Gasteiger partial charge in [-0.2, -0.15) is 0 Å². The molecule has 1 N–H and O–H groups in total. The first-order valence-corrected chi connectivity index (χ1v) is 11.9. The van der Waals surface area contributed by atoms with Gasteiger partial charge in [-0.1, -0.05) is 23.5 Å². The van der Waals surface area contributed by atoms with E-state index >= 15 is 0 Å². The molecule has 8 nitrogen and oxygen atoms in total. The number of aliphatic hydroxyl groups excluding tert-OH is 1. The number of thiazole rings is 2. The van der Waals surface area contributed by atoms with Crippen molar-refractivity contribution in [3.05, 3.63) is 73.1 Å². The number of hydrogen-bond donors (Lipinski definition) is 1. The van der Waals surface area contributed by atoms with Crippen molar-refractivity contribution >= 4 is 45.5 Å². The summed E-state index contributed by atoms with van der Waals surface area (Å²) in [5.41, 5.74) is 1.06. The number of ether oxygens (including phenoxy) is 1. The number of anilines is 1. The summed E-state index contributed by atoms with van der Waals surface area (Å²) in [5, 5.41) is 11.6. The number of esters is 1. The zero-order chi connectivity index (χ0) is 24.7. The molecule has 1 aliphatic heterocycles. The van der Waals surface area contributed by atoms with Crippen LogP contribution < -0.4 is 4.90 Å². The van der Waals surface area contributed by atoms with Gasteiger partial charge in [0.2, 0.25) is 5.78 Å². The molecular formula is C23H20FN3O5S2. The lowest BCUT2D eigenvalue weighted by molar-refractivity contribution is -0.117. The zero-order valence-electron chi connectivity index (χ0n) is 18.7. The molecule has 1 unspecified atom stereocenters. The summed E-state index contributed by atoms with van der Waals surface area (Å²) in [6.07, 6.45) is 0. The monoisotopic (exact) mass is 501 g/mol. The van der Waals surface area contributed by atoms with Crippen LogP contribution in [0.2, 0.25) is 0 Å². The van der Waals surface area contributed by atoms with Crippen LogP contribution in [0.3, 0.4) is 0 Å². The molecule has 1 atom stereocenters. The molecule has 0 spiro atoms. The Morgan fingerprint density at radius 2 is 1.74 bits per heavy atom. The average Bonchev–Trinajstić information content (AvgIpc) is 3.42. The Hall–Kier alpha value is -3.44. The first-order chi connectivity index (χ1) is 16.1. The maximum Gasteiger partial charge on any atom is 0.350 e. The van der Waals surface area contributed by atoms with Gasteiger partial charge in [0.15, 0.2) is 10.9 Å². The third kappa shape index (κ3) is 4.01. The Kier molecular flexibility index (Phi) is 6.32. The van der Waals surface area contributed by atoms with E-state index in [1.807, 2.05) is 0 Å². The first-order valence-electron chi connectivity index (χ1n) is 10.3. The number of ketones is 1. The van der Waals surface area contributed by atoms with E-state index in [-0.39, 0.29) is 22.2 Å². The second-order valence-corrected chi connectivity index (χ2v) is 9.68. The fourth-order valence-corrected chi connectivity index (χ4v) is 5.59. The number of aliphatic hydroxyl groups is 1. The smallest absolute Gasteiger partial charge is 0.350 e. The number of benzene rings is 1. The fraction of sp³-hybridized carbons (Fsp3) is 0.261. The van der Waals surface area contributed by atoms with Gasteiger partial charge in [-0.15, -0.1) is 11.3 Å². The largest absolute Gasteiger partial charge is 0.503 e. The third-order valence-electron chi connectivity index (χ3n) is 5.20. The van der Waals surface area contributed by atoms with E-state index in [2.05, 4.69) is 9.97 Å². The highest BCUT2D eigenvalue weighted by atomic mass is 32.1. The second-order valence-electron chi connectivity index (χ2n) is 7.50. The summed E-state index contributed by atoms with van der Waals surface area (Å²) in [5.74, 6) is -3.21. The summed E-state index contributed by atoms with van der Waals surface area (Å²) in [6, 6.07) is 4.19. The molecule has 0 fully saturated rings. The molecule has 0 saturated heterocycles. The normalized spacial score (nSPS) is 15.9. The highest BCUT2D eigenvalue weighted by molar-refractivity contribution is 7.17. The molecule has 0 aliphatic carbocycles. The second kappa shape index (κ2) is 9.07. The lowest BCUT2D eigenvalue weighted by atomic mass is 9.95. The Bertz CT molecular complexity index is 1340. The highest BCUT2D eigenvalue weighted by Crippen LogP contribution is 2.44.